The molecule has 5 rings (SSSR count). The molecule has 1 saturated carbocycles. The van der Waals surface area contributed by atoms with E-state index in [0.29, 0.717) is 48.4 Å². The molecule has 2 heterocycles. The first-order valence-corrected chi connectivity index (χ1v) is 15.6. The molecule has 1 atom stereocenters. The van der Waals surface area contributed by atoms with Crippen LogP contribution in [0.3, 0.4) is 0 Å². The van der Waals surface area contributed by atoms with Gasteiger partial charge in [-0.3, -0.25) is 14.5 Å². The summed E-state index contributed by atoms with van der Waals surface area (Å²) >= 11 is 0. The van der Waals surface area contributed by atoms with Crippen molar-refractivity contribution < 1.29 is 23.2 Å². The van der Waals surface area contributed by atoms with Crippen LogP contribution in [0.4, 0.5) is 10.1 Å². The molecule has 3 aromatic rings. The number of rotatable bonds is 12. The zero-order valence-corrected chi connectivity index (χ0v) is 25.9. The van der Waals surface area contributed by atoms with E-state index in [-0.39, 0.29) is 17.6 Å². The van der Waals surface area contributed by atoms with E-state index in [0.717, 1.165) is 38.2 Å². The highest BCUT2D eigenvalue weighted by Gasteiger charge is 2.26. The van der Waals surface area contributed by atoms with Gasteiger partial charge in [-0.2, -0.15) is 4.98 Å². The van der Waals surface area contributed by atoms with Crippen LogP contribution in [0.1, 0.15) is 55.3 Å². The number of hydrogen-bond donors (Lipinski definition) is 1. The molecule has 1 saturated heterocycles. The first-order chi connectivity index (χ1) is 21.3. The summed E-state index contributed by atoms with van der Waals surface area (Å²) in [6.07, 6.45) is 6.38. The highest BCUT2D eigenvalue weighted by molar-refractivity contribution is 5.97. The Morgan fingerprint density at radius 3 is 2.50 bits per heavy atom. The van der Waals surface area contributed by atoms with Crippen molar-refractivity contribution in [2.45, 2.75) is 51.5 Å². The van der Waals surface area contributed by atoms with Gasteiger partial charge in [-0.25, -0.2) is 4.39 Å². The quantitative estimate of drug-likeness (QED) is 0.303. The minimum absolute atomic E-state index is 0.0809. The minimum Gasteiger partial charge on any atom is -0.493 e. The maximum Gasteiger partial charge on any atom is 0.251 e. The summed E-state index contributed by atoms with van der Waals surface area (Å²) in [5.74, 6) is 1.10. The summed E-state index contributed by atoms with van der Waals surface area (Å²) in [5, 5.41) is 6.82. The third-order valence-electron chi connectivity index (χ3n) is 8.52. The smallest absolute Gasteiger partial charge is 0.251 e. The van der Waals surface area contributed by atoms with Crippen molar-refractivity contribution in [3.63, 3.8) is 0 Å². The Balaban J connectivity index is 0.998. The van der Waals surface area contributed by atoms with Gasteiger partial charge in [0.25, 0.3) is 5.91 Å². The van der Waals surface area contributed by atoms with Gasteiger partial charge in [0, 0.05) is 70.6 Å². The van der Waals surface area contributed by atoms with Crippen molar-refractivity contribution >= 4 is 17.5 Å². The fourth-order valence-corrected chi connectivity index (χ4v) is 5.87. The van der Waals surface area contributed by atoms with Crippen LogP contribution in [-0.4, -0.2) is 91.2 Å². The van der Waals surface area contributed by atoms with Gasteiger partial charge in [0.2, 0.25) is 17.6 Å². The van der Waals surface area contributed by atoms with Crippen LogP contribution in [0, 0.1) is 11.7 Å². The highest BCUT2D eigenvalue weighted by Crippen LogP contribution is 2.29. The Bertz CT molecular complexity index is 1400. The molecule has 44 heavy (non-hydrogen) atoms. The number of amides is 2. The van der Waals surface area contributed by atoms with E-state index >= 15 is 0 Å². The number of piperazine rings is 1. The Kier molecular flexibility index (Phi) is 10.5. The molecule has 1 aromatic heterocycles. The van der Waals surface area contributed by atoms with E-state index in [1.807, 2.05) is 31.1 Å². The van der Waals surface area contributed by atoms with Gasteiger partial charge in [0.05, 0.1) is 12.2 Å². The van der Waals surface area contributed by atoms with Crippen LogP contribution in [0.15, 0.2) is 47.0 Å². The molecular formula is C33H43FN6O4. The maximum absolute atomic E-state index is 14.8. The van der Waals surface area contributed by atoms with Crippen LogP contribution in [0.5, 0.6) is 5.75 Å². The molecule has 2 aromatic carbocycles. The third kappa shape index (κ3) is 8.13. The van der Waals surface area contributed by atoms with Crippen molar-refractivity contribution in [1.82, 2.24) is 25.3 Å². The molecule has 2 amide bonds. The number of nitrogens with one attached hydrogen (secondary N) is 1. The summed E-state index contributed by atoms with van der Waals surface area (Å²) in [4.78, 5) is 36.1. The number of anilines is 1. The molecule has 11 heteroatoms. The average Bonchev–Trinajstić information content (AvgIpc) is 3.72. The number of halogens is 1. The summed E-state index contributed by atoms with van der Waals surface area (Å²) in [7, 11) is 3.88. The molecule has 2 fully saturated rings. The predicted octanol–water partition coefficient (Wildman–Crippen LogP) is 4.41. The van der Waals surface area contributed by atoms with Crippen LogP contribution in [0.2, 0.25) is 0 Å². The number of ether oxygens (including phenoxy) is 1. The highest BCUT2D eigenvalue weighted by atomic mass is 19.1. The lowest BCUT2D eigenvalue weighted by Crippen LogP contribution is -2.54. The van der Waals surface area contributed by atoms with E-state index in [1.54, 1.807) is 36.1 Å². The molecule has 10 nitrogen and oxygen atoms in total. The summed E-state index contributed by atoms with van der Waals surface area (Å²) in [5.41, 5.74) is 1.83. The SMILES string of the molecule is C[C@@H](NC(=O)c1ccc(N(C)C)cc1)C(=O)N1CCN(CCCOc2ccc(-c3noc(CC4CCCC4)n3)c(F)c2)CC1. The van der Waals surface area contributed by atoms with Gasteiger partial charge in [0.1, 0.15) is 17.6 Å². The molecule has 0 radical (unpaired) electrons. The van der Waals surface area contributed by atoms with E-state index < -0.39 is 11.9 Å². The summed E-state index contributed by atoms with van der Waals surface area (Å²) in [6.45, 7) is 5.67. The van der Waals surface area contributed by atoms with Gasteiger partial charge in [0.15, 0.2) is 0 Å². The largest absolute Gasteiger partial charge is 0.493 e. The predicted molar refractivity (Wildman–Crippen MR) is 166 cm³/mol. The van der Waals surface area contributed by atoms with Crippen LogP contribution in [0.25, 0.3) is 11.4 Å². The van der Waals surface area contributed by atoms with Gasteiger partial charge in [-0.1, -0.05) is 18.0 Å². The maximum atomic E-state index is 14.8. The van der Waals surface area contributed by atoms with Crippen LogP contribution in [-0.2, 0) is 11.2 Å². The third-order valence-corrected chi connectivity index (χ3v) is 8.52. The fraction of sp³-hybridized carbons (Fsp3) is 0.515. The standard InChI is InChI=1S/C33H43FN6O4/c1-23(35-32(41)25-9-11-26(12-10-25)38(2)3)33(42)40-18-16-39(17-19-40)15-6-20-43-27-13-14-28(29(34)22-27)31-36-30(44-37-31)21-24-7-4-5-8-24/h9-14,22-24H,4-8,15-21H2,1-3H3,(H,35,41)/t23-/m1/s1. The van der Waals surface area contributed by atoms with Crippen molar-refractivity contribution in [2.24, 2.45) is 5.92 Å². The molecule has 0 unspecified atom stereocenters. The normalized spacial score (nSPS) is 16.6. The van der Waals surface area contributed by atoms with E-state index in [2.05, 4.69) is 20.4 Å². The molecule has 1 aliphatic heterocycles. The Hall–Kier alpha value is -3.99. The Labute approximate surface area is 258 Å². The van der Waals surface area contributed by atoms with Crippen molar-refractivity contribution in [3.05, 3.63) is 59.7 Å². The second-order valence-electron chi connectivity index (χ2n) is 12.0. The lowest BCUT2D eigenvalue weighted by molar-refractivity contribution is -0.134. The first-order valence-electron chi connectivity index (χ1n) is 15.6. The summed E-state index contributed by atoms with van der Waals surface area (Å²) in [6, 6.07) is 11.4. The zero-order valence-electron chi connectivity index (χ0n) is 25.9. The molecule has 1 aliphatic carbocycles. The molecule has 2 aliphatic rings. The number of aromatic nitrogens is 2. The first kappa shape index (κ1) is 31.4. The number of hydrogen-bond acceptors (Lipinski definition) is 8. The number of carbonyl (C=O) groups excluding carboxylic acids is 2. The Morgan fingerprint density at radius 2 is 1.82 bits per heavy atom. The lowest BCUT2D eigenvalue weighted by atomic mass is 10.0. The molecule has 0 spiro atoms. The second kappa shape index (κ2) is 14.7. The van der Waals surface area contributed by atoms with Crippen molar-refractivity contribution in [2.75, 3.05) is 58.3 Å². The van der Waals surface area contributed by atoms with E-state index in [4.69, 9.17) is 9.26 Å². The lowest BCUT2D eigenvalue weighted by Gasteiger charge is -2.36. The molecule has 0 bridgehead atoms. The zero-order chi connectivity index (χ0) is 31.1. The summed E-state index contributed by atoms with van der Waals surface area (Å²) < 4.78 is 26.0. The molecule has 236 valence electrons. The van der Waals surface area contributed by atoms with E-state index in [9.17, 15) is 14.0 Å². The van der Waals surface area contributed by atoms with Crippen molar-refractivity contribution in [3.8, 4) is 17.1 Å². The van der Waals surface area contributed by atoms with Crippen LogP contribution >= 0.6 is 0 Å². The Morgan fingerprint density at radius 1 is 1.09 bits per heavy atom. The van der Waals surface area contributed by atoms with Crippen molar-refractivity contribution in [1.29, 1.82) is 0 Å². The number of carbonyl (C=O) groups is 2. The fourth-order valence-electron chi connectivity index (χ4n) is 5.87. The second-order valence-corrected chi connectivity index (χ2v) is 12.0. The minimum atomic E-state index is -0.609. The monoisotopic (exact) mass is 606 g/mol. The molecule has 1 N–H and O–H groups in total. The topological polar surface area (TPSA) is 104 Å². The van der Waals surface area contributed by atoms with Gasteiger partial charge in [-0.15, -0.1) is 0 Å². The molecular weight excluding hydrogens is 563 g/mol. The van der Waals surface area contributed by atoms with Gasteiger partial charge in [-0.05, 0) is 68.5 Å². The van der Waals surface area contributed by atoms with Gasteiger partial charge >= 0.3 is 0 Å². The van der Waals surface area contributed by atoms with E-state index in [1.165, 1.54) is 31.7 Å². The van der Waals surface area contributed by atoms with Gasteiger partial charge < -0.3 is 24.4 Å². The number of benzene rings is 2. The average molecular weight is 607 g/mol. The number of nitrogens with zero attached hydrogens (tertiary/aromatic N) is 5. The van der Waals surface area contributed by atoms with Crippen LogP contribution < -0.4 is 15.0 Å².